The molecule has 15 heavy (non-hydrogen) atoms. The number of hydrogen-bond acceptors (Lipinski definition) is 0. The van der Waals surface area contributed by atoms with Crippen LogP contribution in [-0.4, -0.2) is 0 Å². The fraction of sp³-hybridized carbons (Fsp3) is 0.467. The van der Waals surface area contributed by atoms with Gasteiger partial charge in [0, 0.05) is 0 Å². The van der Waals surface area contributed by atoms with E-state index in [4.69, 9.17) is 0 Å². The van der Waals surface area contributed by atoms with Gasteiger partial charge >= 0.3 is 0 Å². The van der Waals surface area contributed by atoms with Gasteiger partial charge in [0.25, 0.3) is 0 Å². The first kappa shape index (κ1) is 10.5. The monoisotopic (exact) mass is 200 g/mol. The van der Waals surface area contributed by atoms with Crippen LogP contribution in [0.2, 0.25) is 0 Å². The number of benzene rings is 1. The molecule has 1 unspecified atom stereocenters. The Kier molecular flexibility index (Phi) is 2.95. The normalized spacial score (nSPS) is 17.5. The second kappa shape index (κ2) is 4.22. The molecule has 0 amide bonds. The second-order valence-corrected chi connectivity index (χ2v) is 4.61. The molecule has 0 saturated heterocycles. The highest BCUT2D eigenvalue weighted by atomic mass is 14.3. The second-order valence-electron chi connectivity index (χ2n) is 4.61. The van der Waals surface area contributed by atoms with Gasteiger partial charge < -0.3 is 0 Å². The third kappa shape index (κ3) is 2.14. The van der Waals surface area contributed by atoms with Crippen LogP contribution in [0.4, 0.5) is 0 Å². The minimum atomic E-state index is 0.485. The van der Waals surface area contributed by atoms with E-state index >= 15 is 0 Å². The molecule has 0 radical (unpaired) electrons. The zero-order chi connectivity index (χ0) is 10.8. The lowest BCUT2D eigenvalue weighted by Crippen LogP contribution is -1.97. The maximum absolute atomic E-state index is 3.90. The molecule has 1 aromatic rings. The Balaban J connectivity index is 2.37. The first-order valence-electron chi connectivity index (χ1n) is 6.01. The zero-order valence-electron chi connectivity index (χ0n) is 9.79. The first-order valence-corrected chi connectivity index (χ1v) is 6.01. The Hall–Kier alpha value is -1.04. The Morgan fingerprint density at radius 3 is 2.73 bits per heavy atom. The quantitative estimate of drug-likeness (QED) is 0.631. The SMILES string of the molecule is C=CC(C)c1cc(C2CC2)ccc1CC. The lowest BCUT2D eigenvalue weighted by molar-refractivity contribution is 0.921. The van der Waals surface area contributed by atoms with Gasteiger partial charge in [-0.15, -0.1) is 6.58 Å². The van der Waals surface area contributed by atoms with Crippen molar-refractivity contribution in [1.29, 1.82) is 0 Å². The number of allylic oxidation sites excluding steroid dienone is 1. The summed E-state index contributed by atoms with van der Waals surface area (Å²) in [4.78, 5) is 0. The minimum Gasteiger partial charge on any atom is -0.102 e. The largest absolute Gasteiger partial charge is 0.102 e. The van der Waals surface area contributed by atoms with Crippen LogP contribution < -0.4 is 0 Å². The molecular formula is C15H20. The molecule has 0 nitrogen and oxygen atoms in total. The summed E-state index contributed by atoms with van der Waals surface area (Å²) in [5.74, 6) is 1.34. The third-order valence-corrected chi connectivity index (χ3v) is 3.44. The van der Waals surface area contributed by atoms with Crippen molar-refractivity contribution in [3.63, 3.8) is 0 Å². The van der Waals surface area contributed by atoms with Crippen LogP contribution in [-0.2, 0) is 6.42 Å². The average molecular weight is 200 g/mol. The summed E-state index contributed by atoms with van der Waals surface area (Å²) in [6.07, 6.45) is 5.93. The Morgan fingerprint density at radius 1 is 1.47 bits per heavy atom. The fourth-order valence-corrected chi connectivity index (χ4v) is 2.16. The third-order valence-electron chi connectivity index (χ3n) is 3.44. The van der Waals surface area contributed by atoms with Crippen molar-refractivity contribution in [1.82, 2.24) is 0 Å². The maximum atomic E-state index is 3.90. The van der Waals surface area contributed by atoms with Crippen LogP contribution >= 0.6 is 0 Å². The summed E-state index contributed by atoms with van der Waals surface area (Å²) >= 11 is 0. The number of rotatable bonds is 4. The predicted molar refractivity (Wildman–Crippen MR) is 66.4 cm³/mol. The minimum absolute atomic E-state index is 0.485. The summed E-state index contributed by atoms with van der Waals surface area (Å²) in [5, 5.41) is 0. The Bertz CT molecular complexity index is 358. The van der Waals surface area contributed by atoms with Crippen molar-refractivity contribution in [2.24, 2.45) is 0 Å². The molecule has 0 aliphatic heterocycles. The highest BCUT2D eigenvalue weighted by Crippen LogP contribution is 2.41. The molecule has 80 valence electrons. The summed E-state index contributed by atoms with van der Waals surface area (Å²) in [7, 11) is 0. The van der Waals surface area contributed by atoms with Crippen LogP contribution in [0.1, 0.15) is 55.2 Å². The Morgan fingerprint density at radius 2 is 2.20 bits per heavy atom. The van der Waals surface area contributed by atoms with E-state index in [-0.39, 0.29) is 0 Å². The molecule has 0 N–H and O–H groups in total. The standard InChI is InChI=1S/C15H20/c1-4-11(3)15-10-14(13-7-8-13)9-6-12(15)5-2/h4,6,9-11,13H,1,5,7-8H2,2-3H3. The van der Waals surface area contributed by atoms with Crippen molar-refractivity contribution in [3.05, 3.63) is 47.5 Å². The summed E-state index contributed by atoms with van der Waals surface area (Å²) in [5.41, 5.74) is 4.50. The van der Waals surface area contributed by atoms with Gasteiger partial charge in [-0.2, -0.15) is 0 Å². The Labute approximate surface area is 93.0 Å². The molecular weight excluding hydrogens is 180 g/mol. The van der Waals surface area contributed by atoms with Gasteiger partial charge in [-0.05, 0) is 47.8 Å². The molecule has 1 fully saturated rings. The molecule has 2 rings (SSSR count). The molecule has 1 aliphatic carbocycles. The van der Waals surface area contributed by atoms with Gasteiger partial charge in [-0.25, -0.2) is 0 Å². The van der Waals surface area contributed by atoms with E-state index in [9.17, 15) is 0 Å². The smallest absolute Gasteiger partial charge is 0.00103 e. The summed E-state index contributed by atoms with van der Waals surface area (Å²) in [6.45, 7) is 8.36. The predicted octanol–water partition coefficient (Wildman–Crippen LogP) is 4.42. The van der Waals surface area contributed by atoms with Gasteiger partial charge in [0.2, 0.25) is 0 Å². The van der Waals surface area contributed by atoms with E-state index in [0.717, 1.165) is 12.3 Å². The number of aryl methyl sites for hydroxylation is 1. The molecule has 0 spiro atoms. The highest BCUT2D eigenvalue weighted by Gasteiger charge is 2.24. The molecule has 0 aromatic heterocycles. The van der Waals surface area contributed by atoms with E-state index < -0.39 is 0 Å². The lowest BCUT2D eigenvalue weighted by atomic mass is 9.91. The molecule has 1 saturated carbocycles. The van der Waals surface area contributed by atoms with Crippen molar-refractivity contribution in [2.75, 3.05) is 0 Å². The van der Waals surface area contributed by atoms with Crippen LogP contribution in [0.15, 0.2) is 30.9 Å². The molecule has 1 atom stereocenters. The van der Waals surface area contributed by atoms with Crippen LogP contribution in [0.3, 0.4) is 0 Å². The number of hydrogen-bond donors (Lipinski definition) is 0. The van der Waals surface area contributed by atoms with Gasteiger partial charge in [0.1, 0.15) is 0 Å². The fourth-order valence-electron chi connectivity index (χ4n) is 2.16. The highest BCUT2D eigenvalue weighted by molar-refractivity contribution is 5.38. The van der Waals surface area contributed by atoms with Crippen LogP contribution in [0, 0.1) is 0 Å². The van der Waals surface area contributed by atoms with Crippen molar-refractivity contribution < 1.29 is 0 Å². The van der Waals surface area contributed by atoms with Gasteiger partial charge in [0.05, 0.1) is 0 Å². The summed E-state index contributed by atoms with van der Waals surface area (Å²) in [6, 6.07) is 7.03. The van der Waals surface area contributed by atoms with E-state index in [1.807, 2.05) is 6.08 Å². The average Bonchev–Trinajstić information content (AvgIpc) is 3.11. The van der Waals surface area contributed by atoms with E-state index in [1.54, 1.807) is 0 Å². The van der Waals surface area contributed by atoms with Gasteiger partial charge in [0.15, 0.2) is 0 Å². The first-order chi connectivity index (χ1) is 7.26. The molecule has 0 heteroatoms. The van der Waals surface area contributed by atoms with Crippen molar-refractivity contribution in [2.45, 2.75) is 44.9 Å². The van der Waals surface area contributed by atoms with Crippen molar-refractivity contribution >= 4 is 0 Å². The van der Waals surface area contributed by atoms with Gasteiger partial charge in [-0.1, -0.05) is 38.1 Å². The molecule has 1 aliphatic rings. The zero-order valence-corrected chi connectivity index (χ0v) is 9.79. The van der Waals surface area contributed by atoms with E-state index in [1.165, 1.54) is 29.5 Å². The van der Waals surface area contributed by atoms with Crippen molar-refractivity contribution in [3.8, 4) is 0 Å². The topological polar surface area (TPSA) is 0 Å². The lowest BCUT2D eigenvalue weighted by Gasteiger charge is -2.14. The molecule has 0 heterocycles. The van der Waals surface area contributed by atoms with Crippen LogP contribution in [0.25, 0.3) is 0 Å². The van der Waals surface area contributed by atoms with E-state index in [2.05, 4.69) is 38.6 Å². The van der Waals surface area contributed by atoms with Gasteiger partial charge in [-0.3, -0.25) is 0 Å². The van der Waals surface area contributed by atoms with Crippen LogP contribution in [0.5, 0.6) is 0 Å². The maximum Gasteiger partial charge on any atom is -0.00103 e. The van der Waals surface area contributed by atoms with E-state index in [0.29, 0.717) is 5.92 Å². The molecule has 1 aromatic carbocycles. The molecule has 0 bridgehead atoms. The summed E-state index contributed by atoms with van der Waals surface area (Å²) < 4.78 is 0.